The molecular weight excluding hydrogens is 238 g/mol. The maximum atomic E-state index is 11.5. The highest BCUT2D eigenvalue weighted by Crippen LogP contribution is 2.22. The van der Waals surface area contributed by atoms with Crippen LogP contribution in [0.1, 0.15) is 18.2 Å². The van der Waals surface area contributed by atoms with E-state index >= 15 is 0 Å². The van der Waals surface area contributed by atoms with Gasteiger partial charge in [-0.2, -0.15) is 26.3 Å². The Kier molecular flexibility index (Phi) is 2.97. The average Bonchev–Trinajstić information content (AvgIpc) is 2.89. The molecule has 0 radical (unpaired) electrons. The minimum Gasteiger partial charge on any atom is -0.479 e. The van der Waals surface area contributed by atoms with Gasteiger partial charge in [-0.25, -0.2) is 4.79 Å². The van der Waals surface area contributed by atoms with Gasteiger partial charge in [0, 0.05) is 6.42 Å². The zero-order valence-corrected chi connectivity index (χ0v) is 10.4. The van der Waals surface area contributed by atoms with Crippen molar-refractivity contribution in [2.45, 2.75) is 25.8 Å². The molecule has 5 nitrogen and oxygen atoms in total. The van der Waals surface area contributed by atoms with Crippen LogP contribution in [0.4, 0.5) is 0 Å². The van der Waals surface area contributed by atoms with Gasteiger partial charge in [0.25, 0.3) is 0 Å². The van der Waals surface area contributed by atoms with E-state index in [1.165, 1.54) is 4.80 Å². The van der Waals surface area contributed by atoms with Crippen molar-refractivity contribution in [2.24, 2.45) is 0 Å². The second-order valence-electron chi connectivity index (χ2n) is 4.16. The number of hydrogen-bond acceptors (Lipinski definition) is 4. The van der Waals surface area contributed by atoms with E-state index in [-0.39, 0.29) is 0 Å². The molecule has 17 heavy (non-hydrogen) atoms. The van der Waals surface area contributed by atoms with Crippen molar-refractivity contribution in [3.05, 3.63) is 34.3 Å². The number of rotatable bonds is 4. The Morgan fingerprint density at radius 2 is 2.41 bits per heavy atom. The Labute approximate surface area is 103 Å². The van der Waals surface area contributed by atoms with E-state index < -0.39 is 11.5 Å². The lowest BCUT2D eigenvalue weighted by Crippen LogP contribution is -2.42. The van der Waals surface area contributed by atoms with Crippen molar-refractivity contribution in [1.29, 1.82) is 0 Å². The molecular formula is C11H13N3O2S. The van der Waals surface area contributed by atoms with Gasteiger partial charge in [-0.05, 0) is 36.2 Å². The monoisotopic (exact) mass is 251 g/mol. The molecule has 0 saturated carbocycles. The first-order valence-electron chi connectivity index (χ1n) is 5.16. The number of aromatic nitrogens is 3. The van der Waals surface area contributed by atoms with Crippen LogP contribution >= 0.6 is 11.3 Å². The summed E-state index contributed by atoms with van der Waals surface area (Å²) in [4.78, 5) is 12.7. The molecule has 2 heterocycles. The molecule has 0 spiro atoms. The topological polar surface area (TPSA) is 68.0 Å². The smallest absolute Gasteiger partial charge is 0.333 e. The van der Waals surface area contributed by atoms with Crippen molar-refractivity contribution in [3.63, 3.8) is 0 Å². The van der Waals surface area contributed by atoms with E-state index in [0.717, 1.165) is 5.56 Å². The van der Waals surface area contributed by atoms with Gasteiger partial charge in [-0.3, -0.25) is 0 Å². The number of thiophene rings is 1. The van der Waals surface area contributed by atoms with Gasteiger partial charge in [0.15, 0.2) is 5.54 Å². The Bertz CT molecular complexity index is 521. The zero-order chi connectivity index (χ0) is 12.5. The lowest BCUT2D eigenvalue weighted by molar-refractivity contribution is -0.147. The Hall–Kier alpha value is -1.69. The molecule has 2 aromatic heterocycles. The normalized spacial score (nSPS) is 14.5. The third-order valence-corrected chi connectivity index (χ3v) is 3.37. The summed E-state index contributed by atoms with van der Waals surface area (Å²) in [5, 5.41) is 21.4. The minimum absolute atomic E-state index is 0.375. The van der Waals surface area contributed by atoms with E-state index in [4.69, 9.17) is 0 Å². The molecule has 90 valence electrons. The molecule has 0 aliphatic carbocycles. The summed E-state index contributed by atoms with van der Waals surface area (Å²) in [7, 11) is 0. The maximum Gasteiger partial charge on any atom is 0.333 e. The third kappa shape index (κ3) is 2.21. The lowest BCUT2D eigenvalue weighted by atomic mass is 9.95. The zero-order valence-electron chi connectivity index (χ0n) is 9.62. The quantitative estimate of drug-likeness (QED) is 0.897. The number of nitrogens with zero attached hydrogens (tertiary/aromatic N) is 3. The molecule has 1 N–H and O–H groups in total. The SMILES string of the molecule is Cc1cnn(C(C)(Cc2ccsc2)C(=O)O)n1. The number of carboxylic acids is 1. The van der Waals surface area contributed by atoms with Gasteiger partial charge in [0.05, 0.1) is 11.9 Å². The van der Waals surface area contributed by atoms with Crippen LogP contribution in [0.3, 0.4) is 0 Å². The number of hydrogen-bond donors (Lipinski definition) is 1. The highest BCUT2D eigenvalue weighted by atomic mass is 32.1. The van der Waals surface area contributed by atoms with E-state index in [9.17, 15) is 9.90 Å². The first-order valence-corrected chi connectivity index (χ1v) is 6.10. The minimum atomic E-state index is -1.14. The van der Waals surface area contributed by atoms with Gasteiger partial charge >= 0.3 is 5.97 Å². The van der Waals surface area contributed by atoms with Crippen LogP contribution in [0.15, 0.2) is 23.0 Å². The molecule has 0 amide bonds. The molecule has 0 fully saturated rings. The molecule has 2 aromatic rings. The van der Waals surface area contributed by atoms with Crippen LogP contribution in [0, 0.1) is 6.92 Å². The van der Waals surface area contributed by atoms with Crippen LogP contribution in [0.5, 0.6) is 0 Å². The summed E-state index contributed by atoms with van der Waals surface area (Å²) in [6, 6.07) is 1.92. The highest BCUT2D eigenvalue weighted by Gasteiger charge is 2.37. The van der Waals surface area contributed by atoms with Crippen molar-refractivity contribution in [1.82, 2.24) is 15.0 Å². The molecule has 1 unspecified atom stereocenters. The summed E-state index contributed by atoms with van der Waals surface area (Å²) in [5.74, 6) is -0.931. The van der Waals surface area contributed by atoms with Crippen molar-refractivity contribution >= 4 is 17.3 Å². The van der Waals surface area contributed by atoms with Crippen LogP contribution in [0.2, 0.25) is 0 Å². The molecule has 0 aromatic carbocycles. The number of carboxylic acid groups (broad SMARTS) is 1. The molecule has 1 atom stereocenters. The molecule has 2 rings (SSSR count). The fraction of sp³-hybridized carbons (Fsp3) is 0.364. The first-order chi connectivity index (χ1) is 8.02. The fourth-order valence-electron chi connectivity index (χ4n) is 1.60. The number of aliphatic carboxylic acids is 1. The predicted molar refractivity (Wildman–Crippen MR) is 64.1 cm³/mol. The molecule has 6 heteroatoms. The Morgan fingerprint density at radius 3 is 2.88 bits per heavy atom. The Morgan fingerprint density at radius 1 is 1.65 bits per heavy atom. The highest BCUT2D eigenvalue weighted by molar-refractivity contribution is 7.07. The van der Waals surface area contributed by atoms with Crippen LogP contribution in [0.25, 0.3) is 0 Å². The predicted octanol–water partition coefficient (Wildman–Crippen LogP) is 1.69. The second kappa shape index (κ2) is 4.29. The maximum absolute atomic E-state index is 11.5. The van der Waals surface area contributed by atoms with Gasteiger partial charge in [-0.1, -0.05) is 0 Å². The van der Waals surface area contributed by atoms with E-state index in [1.807, 2.05) is 16.8 Å². The Balaban J connectivity index is 2.36. The summed E-state index contributed by atoms with van der Waals surface area (Å²) < 4.78 is 0. The van der Waals surface area contributed by atoms with Crippen LogP contribution < -0.4 is 0 Å². The van der Waals surface area contributed by atoms with Gasteiger partial charge in [0.1, 0.15) is 0 Å². The third-order valence-electron chi connectivity index (χ3n) is 2.64. The first kappa shape index (κ1) is 11.8. The van der Waals surface area contributed by atoms with E-state index in [0.29, 0.717) is 12.1 Å². The summed E-state index contributed by atoms with van der Waals surface area (Å²) in [6.45, 7) is 3.42. The van der Waals surface area contributed by atoms with Gasteiger partial charge in [-0.15, -0.1) is 0 Å². The summed E-state index contributed by atoms with van der Waals surface area (Å²) in [6.07, 6.45) is 1.94. The molecule has 0 aliphatic heterocycles. The fourth-order valence-corrected chi connectivity index (χ4v) is 2.27. The van der Waals surface area contributed by atoms with E-state index in [1.54, 1.807) is 31.4 Å². The molecule has 0 aliphatic rings. The van der Waals surface area contributed by atoms with E-state index in [2.05, 4.69) is 10.2 Å². The molecule has 0 bridgehead atoms. The number of carbonyl (C=O) groups is 1. The van der Waals surface area contributed by atoms with Crippen molar-refractivity contribution in [2.75, 3.05) is 0 Å². The van der Waals surface area contributed by atoms with Gasteiger partial charge in [0.2, 0.25) is 0 Å². The largest absolute Gasteiger partial charge is 0.479 e. The van der Waals surface area contributed by atoms with Gasteiger partial charge < -0.3 is 5.11 Å². The standard InChI is InChI=1S/C11H13N3O2S/c1-8-6-12-14(13-8)11(2,10(15)16)5-9-3-4-17-7-9/h3-4,6-7H,5H2,1-2H3,(H,15,16). The van der Waals surface area contributed by atoms with Crippen molar-refractivity contribution in [3.8, 4) is 0 Å². The van der Waals surface area contributed by atoms with Crippen LogP contribution in [-0.2, 0) is 16.8 Å². The van der Waals surface area contributed by atoms with Crippen molar-refractivity contribution < 1.29 is 9.90 Å². The number of aryl methyl sites for hydroxylation is 1. The second-order valence-corrected chi connectivity index (χ2v) is 4.94. The lowest BCUT2D eigenvalue weighted by Gasteiger charge is -2.23. The van der Waals surface area contributed by atoms with Crippen LogP contribution in [-0.4, -0.2) is 26.1 Å². The molecule has 0 saturated heterocycles. The summed E-state index contributed by atoms with van der Waals surface area (Å²) in [5.41, 5.74) is 0.549. The average molecular weight is 251 g/mol. The summed E-state index contributed by atoms with van der Waals surface area (Å²) >= 11 is 1.55.